The number of Topliss-reactive ketones (excluding diaryl/α,β-unsaturated/α-hetero) is 1. The molecule has 0 fully saturated rings. The fraction of sp³-hybridized carbons (Fsp3) is 0.476. The van der Waals surface area contributed by atoms with E-state index < -0.39 is 16.3 Å². The molecule has 1 aromatic carbocycles. The molecule has 0 radical (unpaired) electrons. The van der Waals surface area contributed by atoms with E-state index in [0.717, 1.165) is 22.7 Å². The molecule has 0 aliphatic carbocycles. The number of rotatable bonds is 10. The van der Waals surface area contributed by atoms with Crippen molar-refractivity contribution in [1.82, 2.24) is 10.3 Å². The van der Waals surface area contributed by atoms with Crippen molar-refractivity contribution in [2.24, 2.45) is 5.41 Å². The number of aromatic nitrogens is 1. The van der Waals surface area contributed by atoms with Gasteiger partial charge in [0.1, 0.15) is 10.8 Å². The van der Waals surface area contributed by atoms with Crippen LogP contribution in [0.5, 0.6) is 0 Å². The lowest BCUT2D eigenvalue weighted by atomic mass is 9.89. The van der Waals surface area contributed by atoms with E-state index in [9.17, 15) is 18.0 Å². The molecule has 2 rings (SSSR count). The van der Waals surface area contributed by atoms with E-state index in [2.05, 4.69) is 10.3 Å². The van der Waals surface area contributed by atoms with Gasteiger partial charge in [-0.1, -0.05) is 39.8 Å². The number of aryl methyl sites for hydroxylation is 1. The second-order valence-electron chi connectivity index (χ2n) is 8.58. The van der Waals surface area contributed by atoms with Crippen molar-refractivity contribution in [3.63, 3.8) is 0 Å². The summed E-state index contributed by atoms with van der Waals surface area (Å²) in [6.45, 7) is 7.86. The smallest absolute Gasteiger partial charge is 0.346 e. The molecule has 0 bridgehead atoms. The highest BCUT2D eigenvalue weighted by Gasteiger charge is 2.22. The van der Waals surface area contributed by atoms with Crippen LogP contribution in [0.25, 0.3) is 0 Å². The summed E-state index contributed by atoms with van der Waals surface area (Å²) in [5.74, 6) is -0.463. The zero-order valence-electron chi connectivity index (χ0n) is 18.1. The van der Waals surface area contributed by atoms with Crippen LogP contribution in [-0.2, 0) is 32.7 Å². The monoisotopic (exact) mass is 467 g/mol. The van der Waals surface area contributed by atoms with Gasteiger partial charge in [-0.05, 0) is 36.0 Å². The van der Waals surface area contributed by atoms with E-state index in [0.29, 0.717) is 12.8 Å². The first-order valence-electron chi connectivity index (χ1n) is 9.94. The van der Waals surface area contributed by atoms with E-state index in [1.807, 2.05) is 37.8 Å². The van der Waals surface area contributed by atoms with Crippen LogP contribution in [0.4, 0.5) is 5.69 Å². The highest BCUT2D eigenvalue weighted by molar-refractivity contribution is 7.87. The number of benzene rings is 1. The van der Waals surface area contributed by atoms with Gasteiger partial charge in [0.25, 0.3) is 0 Å². The summed E-state index contributed by atoms with van der Waals surface area (Å²) in [5, 5.41) is 5.61. The van der Waals surface area contributed by atoms with Crippen molar-refractivity contribution in [1.29, 1.82) is 0 Å². The van der Waals surface area contributed by atoms with Gasteiger partial charge in [-0.25, -0.2) is 4.98 Å². The maximum atomic E-state index is 12.5. The number of thiazole rings is 1. The average Bonchev–Trinajstić information content (AvgIpc) is 3.09. The van der Waals surface area contributed by atoms with E-state index in [4.69, 9.17) is 4.55 Å². The van der Waals surface area contributed by atoms with E-state index in [-0.39, 0.29) is 29.2 Å². The molecule has 2 aromatic rings. The van der Waals surface area contributed by atoms with Crippen LogP contribution >= 0.6 is 11.3 Å². The topological polar surface area (TPSA) is 125 Å². The Bertz CT molecular complexity index is 1010. The normalized spacial score (nSPS) is 12.9. The molecule has 1 amide bonds. The Morgan fingerprint density at radius 3 is 2.35 bits per heavy atom. The molecule has 170 valence electrons. The molecular weight excluding hydrogens is 438 g/mol. The maximum absolute atomic E-state index is 12.5. The number of carbonyl (C=O) groups excluding carboxylic acids is 2. The van der Waals surface area contributed by atoms with Crippen LogP contribution in [0.2, 0.25) is 0 Å². The molecule has 1 heterocycles. The van der Waals surface area contributed by atoms with Gasteiger partial charge >= 0.3 is 10.3 Å². The predicted molar refractivity (Wildman–Crippen MR) is 121 cm³/mol. The first-order chi connectivity index (χ1) is 14.3. The van der Waals surface area contributed by atoms with Crippen LogP contribution in [0.15, 0.2) is 29.6 Å². The molecule has 0 saturated carbocycles. The van der Waals surface area contributed by atoms with Crippen molar-refractivity contribution in [3.8, 4) is 0 Å². The Morgan fingerprint density at radius 2 is 1.84 bits per heavy atom. The van der Waals surface area contributed by atoms with Crippen LogP contribution in [0.3, 0.4) is 0 Å². The summed E-state index contributed by atoms with van der Waals surface area (Å²) >= 11 is 1.45. The third-order valence-corrected chi connectivity index (χ3v) is 5.79. The van der Waals surface area contributed by atoms with Crippen LogP contribution in [0, 0.1) is 5.41 Å². The Labute approximate surface area is 187 Å². The summed E-state index contributed by atoms with van der Waals surface area (Å²) in [6.07, 6.45) is 1.33. The number of nitrogens with one attached hydrogen (secondary N) is 2. The molecule has 10 heteroatoms. The zero-order chi connectivity index (χ0) is 23.2. The molecule has 0 unspecified atom stereocenters. The van der Waals surface area contributed by atoms with Gasteiger partial charge in [0.2, 0.25) is 5.91 Å². The van der Waals surface area contributed by atoms with Crippen molar-refractivity contribution >= 4 is 39.0 Å². The maximum Gasteiger partial charge on any atom is 0.357 e. The number of ketones is 1. The molecule has 1 atom stereocenters. The zero-order valence-corrected chi connectivity index (χ0v) is 19.8. The molecule has 3 N–H and O–H groups in total. The molecule has 8 nitrogen and oxygen atoms in total. The van der Waals surface area contributed by atoms with Crippen molar-refractivity contribution in [2.75, 3.05) is 4.72 Å². The molecule has 0 aliphatic rings. The fourth-order valence-corrected chi connectivity index (χ4v) is 4.40. The van der Waals surface area contributed by atoms with Crippen molar-refractivity contribution < 1.29 is 22.6 Å². The second-order valence-corrected chi connectivity index (χ2v) is 10.6. The fourth-order valence-electron chi connectivity index (χ4n) is 3.02. The minimum Gasteiger partial charge on any atom is -0.346 e. The quantitative estimate of drug-likeness (QED) is 0.361. The van der Waals surface area contributed by atoms with Crippen molar-refractivity contribution in [3.05, 3.63) is 45.9 Å². The predicted octanol–water partition coefficient (Wildman–Crippen LogP) is 3.72. The van der Waals surface area contributed by atoms with Gasteiger partial charge in [-0.15, -0.1) is 11.3 Å². The molecule has 31 heavy (non-hydrogen) atoms. The van der Waals surface area contributed by atoms with Gasteiger partial charge in [-0.3, -0.25) is 18.9 Å². The highest BCUT2D eigenvalue weighted by atomic mass is 32.2. The Kier molecular flexibility index (Phi) is 8.33. The Morgan fingerprint density at radius 1 is 1.19 bits per heavy atom. The number of anilines is 1. The molecule has 0 saturated heterocycles. The second kappa shape index (κ2) is 10.3. The number of amides is 1. The van der Waals surface area contributed by atoms with Crippen LogP contribution < -0.4 is 10.0 Å². The van der Waals surface area contributed by atoms with E-state index in [1.165, 1.54) is 23.5 Å². The van der Waals surface area contributed by atoms with Gasteiger partial charge in [0, 0.05) is 11.8 Å². The Balaban J connectivity index is 2.14. The lowest BCUT2D eigenvalue weighted by molar-refractivity contribution is -0.129. The third-order valence-electron chi connectivity index (χ3n) is 4.29. The van der Waals surface area contributed by atoms with Crippen molar-refractivity contribution in [2.45, 2.75) is 59.4 Å². The van der Waals surface area contributed by atoms with Gasteiger partial charge in [0.15, 0.2) is 0 Å². The van der Waals surface area contributed by atoms with Crippen LogP contribution in [0.1, 0.15) is 62.8 Å². The molecule has 0 spiro atoms. The SMILES string of the molecule is CCc1csc([C@H](Cc2ccc(NS(=O)(=O)O)cc2)NC(=O)CC(=O)CC(C)(C)C)n1. The molecule has 0 aliphatic heterocycles. The van der Waals surface area contributed by atoms with E-state index >= 15 is 0 Å². The first-order valence-corrected chi connectivity index (χ1v) is 12.3. The lowest BCUT2D eigenvalue weighted by Crippen LogP contribution is -2.32. The van der Waals surface area contributed by atoms with Gasteiger partial charge in [-0.2, -0.15) is 8.42 Å². The summed E-state index contributed by atoms with van der Waals surface area (Å²) in [6, 6.07) is 6.03. The summed E-state index contributed by atoms with van der Waals surface area (Å²) in [5.41, 5.74) is 1.80. The minimum absolute atomic E-state index is 0.113. The average molecular weight is 468 g/mol. The number of hydrogen-bond donors (Lipinski definition) is 3. The third kappa shape index (κ3) is 9.16. The highest BCUT2D eigenvalue weighted by Crippen LogP contribution is 2.24. The van der Waals surface area contributed by atoms with Gasteiger partial charge < -0.3 is 5.32 Å². The summed E-state index contributed by atoms with van der Waals surface area (Å²) in [7, 11) is -4.34. The van der Waals surface area contributed by atoms with E-state index in [1.54, 1.807) is 12.1 Å². The Hall–Kier alpha value is -2.30. The van der Waals surface area contributed by atoms with Gasteiger partial charge in [0.05, 0.1) is 23.8 Å². The summed E-state index contributed by atoms with van der Waals surface area (Å²) < 4.78 is 32.7. The number of hydrogen-bond acceptors (Lipinski definition) is 6. The summed E-state index contributed by atoms with van der Waals surface area (Å²) in [4.78, 5) is 29.3. The first kappa shape index (κ1) is 25.0. The minimum atomic E-state index is -4.34. The number of carbonyl (C=O) groups is 2. The number of nitrogens with zero attached hydrogens (tertiary/aromatic N) is 1. The molecule has 1 aromatic heterocycles. The molecular formula is C21H29N3O5S2. The van der Waals surface area contributed by atoms with Crippen LogP contribution in [-0.4, -0.2) is 29.6 Å². The lowest BCUT2D eigenvalue weighted by Gasteiger charge is -2.19. The standard InChI is InChI=1S/C21H29N3O5S2/c1-5-15-13-30-20(22-15)18(23-19(26)11-17(25)12-21(2,3)4)10-14-6-8-16(9-7-14)24-31(27,28)29/h6-9,13,18,24H,5,10-12H2,1-4H3,(H,23,26)(H,27,28,29)/t18-/m0/s1. The largest absolute Gasteiger partial charge is 0.357 e.